The Kier molecular flexibility index (Phi) is 9.83. The van der Waals surface area contributed by atoms with E-state index in [-0.39, 0.29) is 24.0 Å². The highest BCUT2D eigenvalue weighted by Crippen LogP contribution is 2.19. The highest BCUT2D eigenvalue weighted by atomic mass is 127. The summed E-state index contributed by atoms with van der Waals surface area (Å²) in [5.74, 6) is 2.66. The Morgan fingerprint density at radius 2 is 1.67 bits per heavy atom. The van der Waals surface area contributed by atoms with Crippen molar-refractivity contribution < 1.29 is 9.47 Å². The number of halogens is 1. The zero-order valence-electron chi connectivity index (χ0n) is 15.5. The van der Waals surface area contributed by atoms with Crippen LogP contribution in [0.1, 0.15) is 24.8 Å². The molecule has 0 bridgehead atoms. The quantitative estimate of drug-likeness (QED) is 0.421. The first kappa shape index (κ1) is 21.3. The van der Waals surface area contributed by atoms with Crippen LogP contribution in [0.25, 0.3) is 0 Å². The minimum Gasteiger partial charge on any atom is -0.494 e. The van der Waals surface area contributed by atoms with Crippen LogP contribution in [0, 0.1) is 0 Å². The maximum atomic E-state index is 5.79. The number of hydrogen-bond donors (Lipinski definition) is 2. The number of nitrogens with one attached hydrogen (secondary N) is 2. The molecule has 3 rings (SSSR count). The van der Waals surface area contributed by atoms with Crippen LogP contribution >= 0.6 is 24.0 Å². The molecule has 0 radical (unpaired) electrons. The van der Waals surface area contributed by atoms with Crippen molar-refractivity contribution >= 4 is 29.9 Å². The van der Waals surface area contributed by atoms with Crippen molar-refractivity contribution in [2.24, 2.45) is 4.99 Å². The summed E-state index contributed by atoms with van der Waals surface area (Å²) in [4.78, 5) is 4.39. The van der Waals surface area contributed by atoms with Gasteiger partial charge in [0.05, 0.1) is 6.61 Å². The first-order chi connectivity index (χ1) is 12.9. The number of hydrogen-bond acceptors (Lipinski definition) is 5. The lowest BCUT2D eigenvalue weighted by atomic mass is 10.2. The van der Waals surface area contributed by atoms with E-state index in [0.29, 0.717) is 13.2 Å². The molecule has 1 aliphatic rings. The van der Waals surface area contributed by atoms with E-state index in [1.165, 1.54) is 0 Å². The van der Waals surface area contributed by atoms with Gasteiger partial charge in [-0.05, 0) is 49.1 Å². The van der Waals surface area contributed by atoms with Gasteiger partial charge >= 0.3 is 0 Å². The molecular formula is C21H28IN3O2. The van der Waals surface area contributed by atoms with Crippen molar-refractivity contribution in [3.8, 4) is 11.5 Å². The lowest BCUT2D eigenvalue weighted by molar-refractivity contribution is 0.298. The fourth-order valence-corrected chi connectivity index (χ4v) is 2.65. The molecule has 0 fully saturated rings. The molecule has 0 saturated heterocycles. The fourth-order valence-electron chi connectivity index (χ4n) is 2.65. The maximum Gasteiger partial charge on any atom is 0.191 e. The smallest absolute Gasteiger partial charge is 0.191 e. The Hall–Kier alpha value is -1.96. The second-order valence-corrected chi connectivity index (χ2v) is 6.24. The van der Waals surface area contributed by atoms with Crippen LogP contribution in [0.5, 0.6) is 11.5 Å². The molecule has 2 aromatic rings. The van der Waals surface area contributed by atoms with Gasteiger partial charge in [0.25, 0.3) is 0 Å². The largest absolute Gasteiger partial charge is 0.494 e. The molecule has 1 aliphatic heterocycles. The fraction of sp³-hybridized carbons (Fsp3) is 0.381. The summed E-state index contributed by atoms with van der Waals surface area (Å²) < 4.78 is 11.6. The van der Waals surface area contributed by atoms with Gasteiger partial charge in [0.2, 0.25) is 0 Å². The predicted molar refractivity (Wildman–Crippen MR) is 120 cm³/mol. The molecule has 5 nitrogen and oxygen atoms in total. The van der Waals surface area contributed by atoms with Crippen molar-refractivity contribution in [2.45, 2.75) is 25.9 Å². The van der Waals surface area contributed by atoms with Gasteiger partial charge in [-0.15, -0.1) is 24.0 Å². The Bertz CT molecular complexity index is 678. The van der Waals surface area contributed by atoms with Crippen LogP contribution in [0.2, 0.25) is 0 Å². The number of nitrogens with zero attached hydrogens (tertiary/aromatic N) is 1. The van der Waals surface area contributed by atoms with E-state index in [1.54, 1.807) is 0 Å². The molecule has 0 atom stereocenters. The molecule has 0 unspecified atom stereocenters. The van der Waals surface area contributed by atoms with Crippen molar-refractivity contribution in [1.29, 1.82) is 0 Å². The van der Waals surface area contributed by atoms with Crippen LogP contribution in [0.15, 0.2) is 59.6 Å². The van der Waals surface area contributed by atoms with Gasteiger partial charge in [-0.2, -0.15) is 0 Å². The van der Waals surface area contributed by atoms with Crippen molar-refractivity contribution in [1.82, 2.24) is 10.6 Å². The molecule has 6 heteroatoms. The topological polar surface area (TPSA) is 54.9 Å². The van der Waals surface area contributed by atoms with Crippen LogP contribution in [0.3, 0.4) is 0 Å². The summed E-state index contributed by atoms with van der Waals surface area (Å²) in [6, 6.07) is 18.0. The summed E-state index contributed by atoms with van der Waals surface area (Å²) in [6.45, 7) is 4.14. The second-order valence-electron chi connectivity index (χ2n) is 6.24. The van der Waals surface area contributed by atoms with E-state index in [2.05, 4.69) is 27.8 Å². The summed E-state index contributed by atoms with van der Waals surface area (Å²) in [5, 5.41) is 6.58. The standard InChI is InChI=1S/C21H27N3O2.HI/c1-2-7-18(8-3-1)17-26-20-11-9-19(10-12-20)25-16-5-4-13-22-21-23-14-6-15-24-21;/h1-3,7-12H,4-6,13-17H2,(H2,22,23,24);1H. The highest BCUT2D eigenvalue weighted by Gasteiger charge is 2.02. The first-order valence-corrected chi connectivity index (χ1v) is 9.32. The number of aliphatic imine (C=N–C) groups is 1. The first-order valence-electron chi connectivity index (χ1n) is 9.32. The number of guanidine groups is 1. The molecule has 0 aromatic heterocycles. The van der Waals surface area contributed by atoms with E-state index in [0.717, 1.165) is 61.9 Å². The molecule has 27 heavy (non-hydrogen) atoms. The third kappa shape index (κ3) is 8.07. The Balaban J connectivity index is 0.00000261. The van der Waals surface area contributed by atoms with Crippen LogP contribution in [-0.2, 0) is 6.61 Å². The van der Waals surface area contributed by atoms with Gasteiger partial charge in [-0.25, -0.2) is 0 Å². The Morgan fingerprint density at radius 3 is 2.37 bits per heavy atom. The molecule has 0 amide bonds. The summed E-state index contributed by atoms with van der Waals surface area (Å²) in [6.07, 6.45) is 3.18. The molecule has 2 N–H and O–H groups in total. The monoisotopic (exact) mass is 481 g/mol. The molecule has 2 aromatic carbocycles. The minimum absolute atomic E-state index is 0. The van der Waals surface area contributed by atoms with Crippen molar-refractivity contribution in [2.75, 3.05) is 26.2 Å². The van der Waals surface area contributed by atoms with E-state index in [9.17, 15) is 0 Å². The molecule has 0 spiro atoms. The maximum absolute atomic E-state index is 5.79. The van der Waals surface area contributed by atoms with Crippen molar-refractivity contribution in [3.63, 3.8) is 0 Å². The minimum atomic E-state index is 0. The lowest BCUT2D eigenvalue weighted by Gasteiger charge is -2.15. The summed E-state index contributed by atoms with van der Waals surface area (Å²) >= 11 is 0. The third-order valence-electron chi connectivity index (χ3n) is 4.10. The predicted octanol–water partition coefficient (Wildman–Crippen LogP) is 3.98. The van der Waals surface area contributed by atoms with Gasteiger partial charge in [0.15, 0.2) is 5.96 Å². The van der Waals surface area contributed by atoms with E-state index < -0.39 is 0 Å². The molecular weight excluding hydrogens is 453 g/mol. The summed E-state index contributed by atoms with van der Waals surface area (Å²) in [5.41, 5.74) is 1.16. The number of benzene rings is 2. The second kappa shape index (κ2) is 12.4. The van der Waals surface area contributed by atoms with Gasteiger partial charge in [-0.3, -0.25) is 4.99 Å². The highest BCUT2D eigenvalue weighted by molar-refractivity contribution is 14.0. The number of ether oxygens (including phenoxy) is 2. The normalized spacial score (nSPS) is 13.0. The molecule has 146 valence electrons. The number of unbranched alkanes of at least 4 members (excludes halogenated alkanes) is 1. The van der Waals surface area contributed by atoms with Gasteiger partial charge < -0.3 is 20.1 Å². The zero-order chi connectivity index (χ0) is 17.9. The Morgan fingerprint density at radius 1 is 0.926 bits per heavy atom. The average molecular weight is 481 g/mol. The van der Waals surface area contributed by atoms with Gasteiger partial charge in [0.1, 0.15) is 18.1 Å². The van der Waals surface area contributed by atoms with E-state index in [4.69, 9.17) is 9.47 Å². The molecule has 0 saturated carbocycles. The Labute approximate surface area is 178 Å². The van der Waals surface area contributed by atoms with Gasteiger partial charge in [0, 0.05) is 19.6 Å². The van der Waals surface area contributed by atoms with Crippen molar-refractivity contribution in [3.05, 3.63) is 60.2 Å². The van der Waals surface area contributed by atoms with Gasteiger partial charge in [-0.1, -0.05) is 30.3 Å². The molecule has 1 heterocycles. The van der Waals surface area contributed by atoms with Crippen LogP contribution < -0.4 is 20.1 Å². The lowest BCUT2D eigenvalue weighted by Crippen LogP contribution is -2.41. The van der Waals surface area contributed by atoms with E-state index >= 15 is 0 Å². The summed E-state index contributed by atoms with van der Waals surface area (Å²) in [7, 11) is 0. The van der Waals surface area contributed by atoms with E-state index in [1.807, 2.05) is 42.5 Å². The third-order valence-corrected chi connectivity index (χ3v) is 4.10. The molecule has 0 aliphatic carbocycles. The average Bonchev–Trinajstić information content (AvgIpc) is 2.71. The SMILES string of the molecule is I.c1ccc(COc2ccc(OCCCCNC3=NCCCN3)cc2)cc1. The number of rotatable bonds is 9. The zero-order valence-corrected chi connectivity index (χ0v) is 17.9. The van der Waals surface area contributed by atoms with Crippen LogP contribution in [0.4, 0.5) is 0 Å². The van der Waals surface area contributed by atoms with Crippen LogP contribution in [-0.4, -0.2) is 32.2 Å².